The zero-order chi connectivity index (χ0) is 26.6. The molecule has 4 heterocycles. The van der Waals surface area contributed by atoms with E-state index in [1.807, 2.05) is 29.8 Å². The smallest absolute Gasteiger partial charge is 0.253 e. The zero-order valence-electron chi connectivity index (χ0n) is 22.0. The van der Waals surface area contributed by atoms with Gasteiger partial charge < -0.3 is 9.72 Å². The largest absolute Gasteiger partial charge is 0.376 e. The van der Waals surface area contributed by atoms with Crippen molar-refractivity contribution in [3.05, 3.63) is 110 Å². The van der Waals surface area contributed by atoms with E-state index in [2.05, 4.69) is 79.3 Å². The molecule has 1 N–H and O–H groups in total. The number of rotatable bonds is 10. The Kier molecular flexibility index (Phi) is 7.62. The van der Waals surface area contributed by atoms with Crippen molar-refractivity contribution >= 4 is 22.2 Å². The lowest BCUT2D eigenvalue weighted by Gasteiger charge is -2.31. The molecule has 9 heteroatoms. The highest BCUT2D eigenvalue weighted by molar-refractivity contribution is 7.09. The molecule has 2 aromatic carbocycles. The molecule has 0 unspecified atom stereocenters. The first-order valence-corrected chi connectivity index (χ1v) is 14.3. The number of ether oxygens (including phenoxy) is 1. The summed E-state index contributed by atoms with van der Waals surface area (Å²) in [6.07, 6.45) is 2.92. The SMILES string of the molecule is Cc1ccc2cc([C@@H](c3nnnn3C[C@H]3CCCO3)N(CCc3ccccc3)Cc3cccs3)c(=O)[nH]c2c1. The Balaban J connectivity index is 1.46. The summed E-state index contributed by atoms with van der Waals surface area (Å²) in [5.74, 6) is 0.659. The van der Waals surface area contributed by atoms with Gasteiger partial charge in [0.15, 0.2) is 5.82 Å². The summed E-state index contributed by atoms with van der Waals surface area (Å²) in [7, 11) is 0. The number of aromatic nitrogens is 5. The lowest BCUT2D eigenvalue weighted by atomic mass is 10.0. The van der Waals surface area contributed by atoms with Gasteiger partial charge in [0.1, 0.15) is 6.04 Å². The van der Waals surface area contributed by atoms with Crippen LogP contribution in [0.2, 0.25) is 0 Å². The Labute approximate surface area is 231 Å². The summed E-state index contributed by atoms with van der Waals surface area (Å²) in [6, 6.07) is 22.4. The highest BCUT2D eigenvalue weighted by Crippen LogP contribution is 2.30. The lowest BCUT2D eigenvalue weighted by molar-refractivity contribution is 0.0906. The minimum Gasteiger partial charge on any atom is -0.376 e. The summed E-state index contributed by atoms with van der Waals surface area (Å²) < 4.78 is 7.75. The Bertz CT molecular complexity index is 1570. The summed E-state index contributed by atoms with van der Waals surface area (Å²) in [5, 5.41) is 16.1. The van der Waals surface area contributed by atoms with Crippen LogP contribution in [0.5, 0.6) is 0 Å². The molecule has 0 radical (unpaired) electrons. The predicted molar refractivity (Wildman–Crippen MR) is 153 cm³/mol. The molecule has 39 heavy (non-hydrogen) atoms. The second kappa shape index (κ2) is 11.6. The van der Waals surface area contributed by atoms with Gasteiger partial charge in [-0.1, -0.05) is 48.5 Å². The predicted octanol–water partition coefficient (Wildman–Crippen LogP) is 4.90. The van der Waals surface area contributed by atoms with E-state index in [0.29, 0.717) is 24.5 Å². The standard InChI is InChI=1S/C30H32N6O2S/c1-21-11-12-23-18-26(30(37)31-27(23)17-21)28(29-32-33-34-36(29)19-24-9-5-15-38-24)35(20-25-10-6-16-39-25)14-13-22-7-3-2-4-8-22/h2-4,6-8,10-12,16-18,24,28H,5,9,13-15,19-20H2,1H3,(H,31,37)/t24-,28+/m1/s1. The third-order valence-corrected chi connectivity index (χ3v) is 8.23. The molecule has 0 saturated carbocycles. The van der Waals surface area contributed by atoms with Gasteiger partial charge in [0.25, 0.3) is 5.56 Å². The van der Waals surface area contributed by atoms with Crippen LogP contribution in [0, 0.1) is 6.92 Å². The molecule has 8 nitrogen and oxygen atoms in total. The first-order valence-electron chi connectivity index (χ1n) is 13.5. The Hall–Kier alpha value is -3.66. The molecule has 6 rings (SSSR count). The van der Waals surface area contributed by atoms with E-state index in [0.717, 1.165) is 48.9 Å². The lowest BCUT2D eigenvalue weighted by Crippen LogP contribution is -2.36. The quantitative estimate of drug-likeness (QED) is 0.271. The number of aromatic amines is 1. The number of hydrogen-bond donors (Lipinski definition) is 1. The summed E-state index contributed by atoms with van der Waals surface area (Å²) >= 11 is 1.72. The monoisotopic (exact) mass is 540 g/mol. The molecule has 1 fully saturated rings. The maximum atomic E-state index is 13.7. The molecule has 2 atom stereocenters. The zero-order valence-corrected chi connectivity index (χ0v) is 22.8. The summed E-state index contributed by atoms with van der Waals surface area (Å²) in [4.78, 5) is 20.4. The third kappa shape index (κ3) is 5.85. The first kappa shape index (κ1) is 25.6. The van der Waals surface area contributed by atoms with E-state index < -0.39 is 6.04 Å². The third-order valence-electron chi connectivity index (χ3n) is 7.36. The fraction of sp³-hybridized carbons (Fsp3) is 0.333. The first-order chi connectivity index (χ1) is 19.1. The number of thiophene rings is 1. The van der Waals surface area contributed by atoms with Crippen LogP contribution in [0.15, 0.2) is 76.9 Å². The van der Waals surface area contributed by atoms with Crippen LogP contribution in [0.1, 0.15) is 46.3 Å². The van der Waals surface area contributed by atoms with E-state index in [1.54, 1.807) is 11.3 Å². The molecule has 5 aromatic rings. The number of tetrazole rings is 1. The van der Waals surface area contributed by atoms with Gasteiger partial charge in [0.2, 0.25) is 0 Å². The molecule has 1 aliphatic heterocycles. The van der Waals surface area contributed by atoms with Crippen molar-refractivity contribution in [2.24, 2.45) is 0 Å². The van der Waals surface area contributed by atoms with Gasteiger partial charge in [-0.25, -0.2) is 4.68 Å². The molecule has 0 amide bonds. The summed E-state index contributed by atoms with van der Waals surface area (Å²) in [6.45, 7) is 4.75. The molecule has 3 aromatic heterocycles. The fourth-order valence-electron chi connectivity index (χ4n) is 5.37. The average Bonchev–Trinajstić information content (AvgIpc) is 3.73. The van der Waals surface area contributed by atoms with Gasteiger partial charge in [0, 0.05) is 35.7 Å². The van der Waals surface area contributed by atoms with Gasteiger partial charge in [-0.15, -0.1) is 16.4 Å². The molecule has 200 valence electrons. The van der Waals surface area contributed by atoms with Crippen molar-refractivity contribution in [2.75, 3.05) is 13.2 Å². The minimum absolute atomic E-state index is 0.0702. The molecule has 0 bridgehead atoms. The van der Waals surface area contributed by atoms with Gasteiger partial charge in [0.05, 0.1) is 12.6 Å². The number of pyridine rings is 1. The highest BCUT2D eigenvalue weighted by Gasteiger charge is 2.32. The van der Waals surface area contributed by atoms with E-state index in [-0.39, 0.29) is 11.7 Å². The van der Waals surface area contributed by atoms with Crippen molar-refractivity contribution in [3.63, 3.8) is 0 Å². The molecular formula is C30H32N6O2S. The Morgan fingerprint density at radius 3 is 2.85 bits per heavy atom. The maximum Gasteiger partial charge on any atom is 0.253 e. The van der Waals surface area contributed by atoms with Gasteiger partial charge in [-0.2, -0.15) is 0 Å². The van der Waals surface area contributed by atoms with Crippen molar-refractivity contribution in [3.8, 4) is 0 Å². The number of nitrogens with one attached hydrogen (secondary N) is 1. The number of H-pyrrole nitrogens is 1. The topological polar surface area (TPSA) is 88.9 Å². The summed E-state index contributed by atoms with van der Waals surface area (Å²) in [5.41, 5.74) is 3.69. The molecule has 0 aliphatic carbocycles. The van der Waals surface area contributed by atoms with Crippen molar-refractivity contribution in [1.82, 2.24) is 30.1 Å². The molecule has 1 aliphatic rings. The minimum atomic E-state index is -0.443. The second-order valence-corrected chi connectivity index (χ2v) is 11.2. The van der Waals surface area contributed by atoms with Gasteiger partial charge in [-0.05, 0) is 76.7 Å². The average molecular weight is 541 g/mol. The van der Waals surface area contributed by atoms with Crippen molar-refractivity contribution in [1.29, 1.82) is 0 Å². The number of benzene rings is 2. The fourth-order valence-corrected chi connectivity index (χ4v) is 6.10. The van der Waals surface area contributed by atoms with Crippen LogP contribution in [0.3, 0.4) is 0 Å². The second-order valence-electron chi connectivity index (χ2n) is 10.2. The number of nitrogens with zero attached hydrogens (tertiary/aromatic N) is 5. The van der Waals surface area contributed by atoms with Crippen molar-refractivity contribution < 1.29 is 4.74 Å². The van der Waals surface area contributed by atoms with Crippen LogP contribution in [-0.2, 0) is 24.2 Å². The van der Waals surface area contributed by atoms with Crippen molar-refractivity contribution in [2.45, 2.75) is 51.4 Å². The number of fused-ring (bicyclic) bond motifs is 1. The van der Waals surface area contributed by atoms with E-state index >= 15 is 0 Å². The van der Waals surface area contributed by atoms with Crippen LogP contribution < -0.4 is 5.56 Å². The van der Waals surface area contributed by atoms with Crippen LogP contribution in [-0.4, -0.2) is 49.3 Å². The Morgan fingerprint density at radius 2 is 2.05 bits per heavy atom. The van der Waals surface area contributed by atoms with E-state index in [9.17, 15) is 4.79 Å². The normalized spacial score (nSPS) is 16.3. The number of aryl methyl sites for hydroxylation is 1. The van der Waals surface area contributed by atoms with Gasteiger partial charge in [-0.3, -0.25) is 9.69 Å². The van der Waals surface area contributed by atoms with Crippen LogP contribution in [0.4, 0.5) is 0 Å². The van der Waals surface area contributed by atoms with E-state index in [4.69, 9.17) is 4.74 Å². The Morgan fingerprint density at radius 1 is 1.15 bits per heavy atom. The maximum absolute atomic E-state index is 13.7. The molecule has 1 saturated heterocycles. The highest BCUT2D eigenvalue weighted by atomic mass is 32.1. The number of hydrogen-bond acceptors (Lipinski definition) is 7. The molecular weight excluding hydrogens is 508 g/mol. The van der Waals surface area contributed by atoms with Crippen LogP contribution in [0.25, 0.3) is 10.9 Å². The van der Waals surface area contributed by atoms with Gasteiger partial charge >= 0.3 is 0 Å². The van der Waals surface area contributed by atoms with Crippen LogP contribution >= 0.6 is 11.3 Å². The van der Waals surface area contributed by atoms with E-state index in [1.165, 1.54) is 10.4 Å². The molecule has 0 spiro atoms.